The lowest BCUT2D eigenvalue weighted by Gasteiger charge is -2.08. The van der Waals surface area contributed by atoms with Crippen LogP contribution < -0.4 is 0 Å². The van der Waals surface area contributed by atoms with E-state index in [2.05, 4.69) is 6.07 Å². The summed E-state index contributed by atoms with van der Waals surface area (Å²) in [6.07, 6.45) is 2.97. The molecule has 2 unspecified atom stereocenters. The van der Waals surface area contributed by atoms with Gasteiger partial charge in [0.15, 0.2) is 0 Å². The molecule has 0 aromatic carbocycles. The number of carbonyl (C=O) groups is 1. The molecular weight excluding hydrogens is 142 g/mol. The van der Waals surface area contributed by atoms with Crippen LogP contribution in [0.5, 0.6) is 0 Å². The van der Waals surface area contributed by atoms with E-state index in [4.69, 9.17) is 10.4 Å². The Hall–Kier alpha value is -1.04. The van der Waals surface area contributed by atoms with Crippen molar-refractivity contribution in [1.82, 2.24) is 0 Å². The van der Waals surface area contributed by atoms with E-state index in [1.54, 1.807) is 0 Å². The third-order valence-corrected chi connectivity index (χ3v) is 2.26. The van der Waals surface area contributed by atoms with Crippen LogP contribution in [0.15, 0.2) is 0 Å². The van der Waals surface area contributed by atoms with Crippen molar-refractivity contribution in [2.45, 2.75) is 25.7 Å². The van der Waals surface area contributed by atoms with E-state index in [-0.39, 0.29) is 18.3 Å². The minimum atomic E-state index is -0.780. The van der Waals surface area contributed by atoms with E-state index in [1.807, 2.05) is 0 Å². The molecule has 0 amide bonds. The first-order chi connectivity index (χ1) is 5.24. The average molecular weight is 153 g/mol. The fourth-order valence-corrected chi connectivity index (χ4v) is 1.68. The van der Waals surface area contributed by atoms with Gasteiger partial charge in [-0.15, -0.1) is 0 Å². The van der Waals surface area contributed by atoms with Crippen LogP contribution in [0.1, 0.15) is 25.7 Å². The fraction of sp³-hybridized carbons (Fsp3) is 0.750. The SMILES string of the molecule is N#CC1CCCC1CC(=O)O. The normalized spacial score (nSPS) is 29.7. The number of rotatable bonds is 2. The first kappa shape index (κ1) is 8.06. The van der Waals surface area contributed by atoms with Gasteiger partial charge in [-0.1, -0.05) is 6.42 Å². The van der Waals surface area contributed by atoms with Crippen molar-refractivity contribution < 1.29 is 9.90 Å². The standard InChI is InChI=1S/C8H11NO2/c9-5-7-3-1-2-6(7)4-8(10)11/h6-7H,1-4H2,(H,10,11). The molecule has 11 heavy (non-hydrogen) atoms. The first-order valence-electron chi connectivity index (χ1n) is 3.85. The lowest BCUT2D eigenvalue weighted by atomic mass is 9.94. The molecule has 1 N–H and O–H groups in total. The van der Waals surface area contributed by atoms with Gasteiger partial charge in [-0.3, -0.25) is 4.79 Å². The second-order valence-corrected chi connectivity index (χ2v) is 3.02. The van der Waals surface area contributed by atoms with Gasteiger partial charge in [-0.05, 0) is 18.8 Å². The summed E-state index contributed by atoms with van der Waals surface area (Å²) in [4.78, 5) is 10.3. The number of aliphatic carboxylic acids is 1. The Kier molecular flexibility index (Phi) is 2.48. The molecule has 1 aliphatic rings. The highest BCUT2D eigenvalue weighted by atomic mass is 16.4. The van der Waals surface area contributed by atoms with Crippen LogP contribution in [0.25, 0.3) is 0 Å². The minimum Gasteiger partial charge on any atom is -0.481 e. The van der Waals surface area contributed by atoms with Crippen molar-refractivity contribution in [2.75, 3.05) is 0 Å². The van der Waals surface area contributed by atoms with Gasteiger partial charge < -0.3 is 5.11 Å². The highest BCUT2D eigenvalue weighted by Gasteiger charge is 2.28. The Labute approximate surface area is 65.6 Å². The zero-order valence-corrected chi connectivity index (χ0v) is 6.29. The summed E-state index contributed by atoms with van der Waals surface area (Å²) >= 11 is 0. The van der Waals surface area contributed by atoms with Crippen LogP contribution in [0, 0.1) is 23.2 Å². The maximum atomic E-state index is 10.3. The topological polar surface area (TPSA) is 61.1 Å². The molecule has 2 atom stereocenters. The number of hydrogen-bond donors (Lipinski definition) is 1. The Balaban J connectivity index is 2.45. The molecule has 1 saturated carbocycles. The van der Waals surface area contributed by atoms with Gasteiger partial charge in [0.2, 0.25) is 0 Å². The van der Waals surface area contributed by atoms with Gasteiger partial charge >= 0.3 is 5.97 Å². The smallest absolute Gasteiger partial charge is 0.303 e. The summed E-state index contributed by atoms with van der Waals surface area (Å²) in [6, 6.07) is 2.16. The number of hydrogen-bond acceptors (Lipinski definition) is 2. The molecular formula is C8H11NO2. The van der Waals surface area contributed by atoms with Gasteiger partial charge in [-0.25, -0.2) is 0 Å². The molecule has 1 fully saturated rings. The largest absolute Gasteiger partial charge is 0.481 e. The molecule has 0 heterocycles. The molecule has 0 aliphatic heterocycles. The summed E-state index contributed by atoms with van der Waals surface area (Å²) in [6.45, 7) is 0. The van der Waals surface area contributed by atoms with Gasteiger partial charge in [0.05, 0.1) is 6.07 Å². The third kappa shape index (κ3) is 1.94. The Morgan fingerprint density at radius 1 is 1.64 bits per heavy atom. The Morgan fingerprint density at radius 2 is 2.36 bits per heavy atom. The zero-order valence-electron chi connectivity index (χ0n) is 6.29. The van der Waals surface area contributed by atoms with Crippen molar-refractivity contribution in [2.24, 2.45) is 11.8 Å². The molecule has 3 heteroatoms. The predicted octanol–water partition coefficient (Wildman–Crippen LogP) is 1.40. The van der Waals surface area contributed by atoms with Gasteiger partial charge in [0, 0.05) is 12.3 Å². The highest BCUT2D eigenvalue weighted by Crippen LogP contribution is 2.33. The number of carboxylic acids is 1. The van der Waals surface area contributed by atoms with E-state index in [1.165, 1.54) is 0 Å². The molecule has 1 aliphatic carbocycles. The van der Waals surface area contributed by atoms with Crippen LogP contribution in [-0.2, 0) is 4.79 Å². The summed E-state index contributed by atoms with van der Waals surface area (Å²) in [5.74, 6) is -0.680. The van der Waals surface area contributed by atoms with Crippen LogP contribution in [-0.4, -0.2) is 11.1 Å². The summed E-state index contributed by atoms with van der Waals surface area (Å²) in [5, 5.41) is 17.1. The zero-order chi connectivity index (χ0) is 8.27. The molecule has 0 spiro atoms. The monoisotopic (exact) mass is 153 g/mol. The summed E-state index contributed by atoms with van der Waals surface area (Å²) in [5.41, 5.74) is 0. The third-order valence-electron chi connectivity index (χ3n) is 2.26. The lowest BCUT2D eigenvalue weighted by molar-refractivity contribution is -0.138. The van der Waals surface area contributed by atoms with Crippen molar-refractivity contribution in [3.8, 4) is 6.07 Å². The maximum absolute atomic E-state index is 10.3. The molecule has 0 radical (unpaired) electrons. The van der Waals surface area contributed by atoms with Gasteiger partial charge in [0.25, 0.3) is 0 Å². The van der Waals surface area contributed by atoms with Crippen molar-refractivity contribution in [3.05, 3.63) is 0 Å². The number of nitrogens with zero attached hydrogens (tertiary/aromatic N) is 1. The van der Waals surface area contributed by atoms with Crippen LogP contribution in [0.4, 0.5) is 0 Å². The number of nitriles is 1. The van der Waals surface area contributed by atoms with Crippen LogP contribution in [0.2, 0.25) is 0 Å². The highest BCUT2D eigenvalue weighted by molar-refractivity contribution is 5.67. The van der Waals surface area contributed by atoms with E-state index in [9.17, 15) is 4.79 Å². The van der Waals surface area contributed by atoms with Crippen molar-refractivity contribution in [3.63, 3.8) is 0 Å². The maximum Gasteiger partial charge on any atom is 0.303 e. The van der Waals surface area contributed by atoms with E-state index in [0.29, 0.717) is 0 Å². The molecule has 0 aromatic heterocycles. The van der Waals surface area contributed by atoms with Gasteiger partial charge in [-0.2, -0.15) is 5.26 Å². The average Bonchev–Trinajstić information content (AvgIpc) is 2.34. The quantitative estimate of drug-likeness (QED) is 0.652. The van der Waals surface area contributed by atoms with E-state index < -0.39 is 5.97 Å². The van der Waals surface area contributed by atoms with E-state index >= 15 is 0 Å². The Morgan fingerprint density at radius 3 is 2.91 bits per heavy atom. The predicted molar refractivity (Wildman–Crippen MR) is 38.7 cm³/mol. The summed E-state index contributed by atoms with van der Waals surface area (Å²) in [7, 11) is 0. The first-order valence-corrected chi connectivity index (χ1v) is 3.85. The minimum absolute atomic E-state index is 0.00824. The summed E-state index contributed by atoms with van der Waals surface area (Å²) < 4.78 is 0. The van der Waals surface area contributed by atoms with E-state index in [0.717, 1.165) is 19.3 Å². The molecule has 60 valence electrons. The van der Waals surface area contributed by atoms with Crippen molar-refractivity contribution >= 4 is 5.97 Å². The number of carboxylic acid groups (broad SMARTS) is 1. The molecule has 0 bridgehead atoms. The molecule has 0 saturated heterocycles. The lowest BCUT2D eigenvalue weighted by Crippen LogP contribution is -2.10. The molecule has 0 aromatic rings. The fourth-order valence-electron chi connectivity index (χ4n) is 1.68. The second-order valence-electron chi connectivity index (χ2n) is 3.02. The second kappa shape index (κ2) is 3.38. The molecule has 3 nitrogen and oxygen atoms in total. The molecule has 1 rings (SSSR count). The van der Waals surface area contributed by atoms with Crippen LogP contribution >= 0.6 is 0 Å². The van der Waals surface area contributed by atoms with Crippen LogP contribution in [0.3, 0.4) is 0 Å². The van der Waals surface area contributed by atoms with Crippen molar-refractivity contribution in [1.29, 1.82) is 5.26 Å². The van der Waals surface area contributed by atoms with Gasteiger partial charge in [0.1, 0.15) is 0 Å². The Bertz CT molecular complexity index is 195.